The van der Waals surface area contributed by atoms with Crippen LogP contribution >= 0.6 is 0 Å². The summed E-state index contributed by atoms with van der Waals surface area (Å²) >= 11 is 0. The molecular formula is C20H19F4NO2. The van der Waals surface area contributed by atoms with Crippen LogP contribution in [0.4, 0.5) is 17.6 Å². The van der Waals surface area contributed by atoms with E-state index in [-0.39, 0.29) is 24.2 Å². The second-order valence-corrected chi connectivity index (χ2v) is 6.53. The molecule has 0 spiro atoms. The number of carbonyl (C=O) groups excluding carboxylic acids is 1. The van der Waals surface area contributed by atoms with E-state index in [4.69, 9.17) is 4.74 Å². The number of hydrogen-bond donors (Lipinski definition) is 0. The van der Waals surface area contributed by atoms with Gasteiger partial charge in [0.15, 0.2) is 0 Å². The van der Waals surface area contributed by atoms with Crippen LogP contribution in [0.1, 0.15) is 34.3 Å². The first-order chi connectivity index (χ1) is 12.8. The summed E-state index contributed by atoms with van der Waals surface area (Å²) in [6.45, 7) is 0.906. The van der Waals surface area contributed by atoms with Crippen molar-refractivity contribution in [1.82, 2.24) is 4.90 Å². The fraction of sp³-hybridized carbons (Fsp3) is 0.350. The number of piperidine rings is 1. The summed E-state index contributed by atoms with van der Waals surface area (Å²) in [7, 11) is 0. The molecule has 1 saturated heterocycles. The number of ether oxygens (including phenoxy) is 1. The fourth-order valence-corrected chi connectivity index (χ4v) is 3.11. The molecule has 1 atom stereocenters. The molecule has 1 aliphatic heterocycles. The number of rotatable bonds is 4. The molecule has 1 amide bonds. The van der Waals surface area contributed by atoms with E-state index in [1.54, 1.807) is 17.0 Å². The van der Waals surface area contributed by atoms with Gasteiger partial charge in [0.2, 0.25) is 0 Å². The maximum Gasteiger partial charge on any atom is 0.416 e. The van der Waals surface area contributed by atoms with Gasteiger partial charge in [0.05, 0.1) is 18.3 Å². The van der Waals surface area contributed by atoms with Crippen molar-refractivity contribution in [2.45, 2.75) is 31.7 Å². The Kier molecular flexibility index (Phi) is 5.79. The Labute approximate surface area is 154 Å². The number of alkyl halides is 3. The average Bonchev–Trinajstić information content (AvgIpc) is 2.65. The largest absolute Gasteiger partial charge is 0.416 e. The maximum atomic E-state index is 13.3. The maximum absolute atomic E-state index is 13.3. The molecule has 3 rings (SSSR count). The Bertz CT molecular complexity index is 807. The molecule has 0 unspecified atom stereocenters. The van der Waals surface area contributed by atoms with Crippen molar-refractivity contribution in [3.63, 3.8) is 0 Å². The number of halogens is 4. The zero-order valence-corrected chi connectivity index (χ0v) is 14.5. The lowest BCUT2D eigenvalue weighted by Crippen LogP contribution is -2.43. The van der Waals surface area contributed by atoms with Gasteiger partial charge in [-0.2, -0.15) is 13.2 Å². The van der Waals surface area contributed by atoms with Gasteiger partial charge in [0.1, 0.15) is 5.82 Å². The summed E-state index contributed by atoms with van der Waals surface area (Å²) in [6, 6.07) is 10.5. The van der Waals surface area contributed by atoms with Gasteiger partial charge in [-0.25, -0.2) is 4.39 Å². The van der Waals surface area contributed by atoms with Gasteiger partial charge in [-0.3, -0.25) is 4.79 Å². The topological polar surface area (TPSA) is 29.5 Å². The van der Waals surface area contributed by atoms with Crippen LogP contribution in [0.15, 0.2) is 48.5 Å². The van der Waals surface area contributed by atoms with Gasteiger partial charge in [-0.05, 0) is 48.7 Å². The molecular weight excluding hydrogens is 362 g/mol. The smallest absolute Gasteiger partial charge is 0.372 e. The number of carbonyl (C=O) groups is 1. The average molecular weight is 381 g/mol. The van der Waals surface area contributed by atoms with Crippen molar-refractivity contribution >= 4 is 5.91 Å². The summed E-state index contributed by atoms with van der Waals surface area (Å²) < 4.78 is 57.4. The van der Waals surface area contributed by atoms with Crippen LogP contribution in [0, 0.1) is 5.82 Å². The SMILES string of the molecule is O=C(c1cccc(F)c1)N1CCC[C@H](OCc2cccc(C(F)(F)F)c2)C1. The molecule has 0 bridgehead atoms. The van der Waals surface area contributed by atoms with Crippen molar-refractivity contribution < 1.29 is 27.1 Å². The highest BCUT2D eigenvalue weighted by Gasteiger charge is 2.30. The molecule has 1 heterocycles. The molecule has 144 valence electrons. The summed E-state index contributed by atoms with van der Waals surface area (Å²) in [5.74, 6) is -0.753. The fourth-order valence-electron chi connectivity index (χ4n) is 3.11. The van der Waals surface area contributed by atoms with Gasteiger partial charge >= 0.3 is 6.18 Å². The third kappa shape index (κ3) is 5.07. The van der Waals surface area contributed by atoms with Crippen molar-refractivity contribution in [2.24, 2.45) is 0 Å². The molecule has 0 aromatic heterocycles. The van der Waals surface area contributed by atoms with Crippen LogP contribution in [-0.4, -0.2) is 30.0 Å². The molecule has 1 aliphatic rings. The minimum absolute atomic E-state index is 0.0383. The molecule has 2 aromatic carbocycles. The Morgan fingerprint density at radius 3 is 2.67 bits per heavy atom. The van der Waals surface area contributed by atoms with E-state index >= 15 is 0 Å². The summed E-state index contributed by atoms with van der Waals surface area (Å²) in [5, 5.41) is 0. The number of nitrogens with zero attached hydrogens (tertiary/aromatic N) is 1. The minimum atomic E-state index is -4.39. The molecule has 0 N–H and O–H groups in total. The number of benzene rings is 2. The minimum Gasteiger partial charge on any atom is -0.372 e. The normalized spacial score (nSPS) is 17.8. The van der Waals surface area contributed by atoms with Crippen LogP contribution in [0.2, 0.25) is 0 Å². The Hall–Kier alpha value is -2.41. The summed E-state index contributed by atoms with van der Waals surface area (Å²) in [6.07, 6.45) is -3.24. The first-order valence-electron chi connectivity index (χ1n) is 8.65. The number of hydrogen-bond acceptors (Lipinski definition) is 2. The predicted octanol–water partition coefficient (Wildman–Crippen LogP) is 4.67. The molecule has 1 fully saturated rings. The van der Waals surface area contributed by atoms with E-state index in [1.165, 1.54) is 24.3 Å². The van der Waals surface area contributed by atoms with E-state index in [1.807, 2.05) is 0 Å². The van der Waals surface area contributed by atoms with Crippen LogP contribution in [0.5, 0.6) is 0 Å². The molecule has 0 saturated carbocycles. The van der Waals surface area contributed by atoms with Gasteiger partial charge in [-0.15, -0.1) is 0 Å². The van der Waals surface area contributed by atoms with Crippen LogP contribution in [-0.2, 0) is 17.5 Å². The number of likely N-dealkylation sites (tertiary alicyclic amines) is 1. The van der Waals surface area contributed by atoms with E-state index in [9.17, 15) is 22.4 Å². The Balaban J connectivity index is 1.60. The first kappa shape index (κ1) is 19.4. The summed E-state index contributed by atoms with van der Waals surface area (Å²) in [4.78, 5) is 14.1. The zero-order chi connectivity index (χ0) is 19.4. The van der Waals surface area contributed by atoms with Gasteiger partial charge in [-0.1, -0.05) is 18.2 Å². The number of amides is 1. The first-order valence-corrected chi connectivity index (χ1v) is 8.65. The second-order valence-electron chi connectivity index (χ2n) is 6.53. The lowest BCUT2D eigenvalue weighted by Gasteiger charge is -2.32. The molecule has 7 heteroatoms. The Morgan fingerprint density at radius 1 is 1.15 bits per heavy atom. The van der Waals surface area contributed by atoms with Gasteiger partial charge < -0.3 is 9.64 Å². The molecule has 0 aliphatic carbocycles. The van der Waals surface area contributed by atoms with E-state index in [0.717, 1.165) is 12.1 Å². The Morgan fingerprint density at radius 2 is 1.93 bits per heavy atom. The lowest BCUT2D eigenvalue weighted by molar-refractivity contribution is -0.137. The standard InChI is InChI=1S/C20H19F4NO2/c21-17-7-2-5-15(11-17)19(26)25-9-3-8-18(12-25)27-13-14-4-1-6-16(10-14)20(22,23)24/h1-2,4-7,10-11,18H,3,8-9,12-13H2/t18-/m0/s1. The summed E-state index contributed by atoms with van der Waals surface area (Å²) in [5.41, 5.74) is -0.0120. The van der Waals surface area contributed by atoms with Gasteiger partial charge in [0.25, 0.3) is 5.91 Å². The van der Waals surface area contributed by atoms with Gasteiger partial charge in [0, 0.05) is 18.7 Å². The molecule has 3 nitrogen and oxygen atoms in total. The molecule has 27 heavy (non-hydrogen) atoms. The third-order valence-corrected chi connectivity index (χ3v) is 4.48. The van der Waals surface area contributed by atoms with E-state index < -0.39 is 17.6 Å². The van der Waals surface area contributed by atoms with Crippen molar-refractivity contribution in [3.8, 4) is 0 Å². The highest BCUT2D eigenvalue weighted by Crippen LogP contribution is 2.30. The van der Waals surface area contributed by atoms with Crippen LogP contribution in [0.3, 0.4) is 0 Å². The van der Waals surface area contributed by atoms with Crippen molar-refractivity contribution in [1.29, 1.82) is 0 Å². The second kappa shape index (κ2) is 8.08. The quantitative estimate of drug-likeness (QED) is 0.721. The van der Waals surface area contributed by atoms with Crippen LogP contribution < -0.4 is 0 Å². The third-order valence-electron chi connectivity index (χ3n) is 4.48. The van der Waals surface area contributed by atoms with E-state index in [2.05, 4.69) is 0 Å². The van der Waals surface area contributed by atoms with E-state index in [0.29, 0.717) is 31.5 Å². The predicted molar refractivity (Wildman–Crippen MR) is 91.6 cm³/mol. The van der Waals surface area contributed by atoms with Crippen molar-refractivity contribution in [2.75, 3.05) is 13.1 Å². The molecule has 0 radical (unpaired) electrons. The molecule has 2 aromatic rings. The highest BCUT2D eigenvalue weighted by atomic mass is 19.4. The monoisotopic (exact) mass is 381 g/mol. The highest BCUT2D eigenvalue weighted by molar-refractivity contribution is 5.94. The van der Waals surface area contributed by atoms with Crippen LogP contribution in [0.25, 0.3) is 0 Å². The van der Waals surface area contributed by atoms with Crippen molar-refractivity contribution in [3.05, 3.63) is 71.0 Å². The lowest BCUT2D eigenvalue weighted by atomic mass is 10.1. The zero-order valence-electron chi connectivity index (χ0n) is 14.5.